The predicted octanol–water partition coefficient (Wildman–Crippen LogP) is 4.03. The molecule has 0 radical (unpaired) electrons. The van der Waals surface area contributed by atoms with Gasteiger partial charge in [-0.3, -0.25) is 0 Å². The van der Waals surface area contributed by atoms with Crippen LogP contribution in [0.2, 0.25) is 0 Å². The fourth-order valence-corrected chi connectivity index (χ4v) is 4.71. The second kappa shape index (κ2) is 5.63. The standard InChI is InChI=1S/C18H18N2O3S/c21-16(22)18-8-6-14(7-9-18)20(18)17(23)19-13-4-1-3-12(11-13)15-5-2-10-24-15/h1-5,10-11,14H,6-9H2,(H,19,23)(H,21,22). The summed E-state index contributed by atoms with van der Waals surface area (Å²) in [5.41, 5.74) is 0.720. The van der Waals surface area contributed by atoms with Gasteiger partial charge in [-0.25, -0.2) is 9.59 Å². The monoisotopic (exact) mass is 342 g/mol. The molecule has 2 aliphatic heterocycles. The summed E-state index contributed by atoms with van der Waals surface area (Å²) in [5, 5.41) is 14.5. The first kappa shape index (κ1) is 15.2. The number of anilines is 1. The predicted molar refractivity (Wildman–Crippen MR) is 93.2 cm³/mol. The summed E-state index contributed by atoms with van der Waals surface area (Å²) < 4.78 is 0. The molecular formula is C18H18N2O3S. The number of carboxylic acid groups (broad SMARTS) is 1. The van der Waals surface area contributed by atoms with E-state index in [-0.39, 0.29) is 12.1 Å². The highest BCUT2D eigenvalue weighted by Gasteiger charge is 2.58. The quantitative estimate of drug-likeness (QED) is 0.885. The molecule has 6 heteroatoms. The van der Waals surface area contributed by atoms with Gasteiger partial charge in [0.2, 0.25) is 0 Å². The molecule has 0 spiro atoms. The smallest absolute Gasteiger partial charge is 0.329 e. The van der Waals surface area contributed by atoms with Crippen molar-refractivity contribution >= 4 is 29.0 Å². The van der Waals surface area contributed by atoms with E-state index in [4.69, 9.17) is 0 Å². The lowest BCUT2D eigenvalue weighted by Crippen LogP contribution is -2.52. The summed E-state index contributed by atoms with van der Waals surface area (Å²) in [6.07, 6.45) is 2.65. The number of carboxylic acids is 1. The number of amides is 2. The van der Waals surface area contributed by atoms with Crippen LogP contribution in [0.15, 0.2) is 41.8 Å². The molecule has 5 nitrogen and oxygen atoms in total. The Labute approximate surface area is 143 Å². The fraction of sp³-hybridized carbons (Fsp3) is 0.333. The van der Waals surface area contributed by atoms with Crippen molar-refractivity contribution in [3.63, 3.8) is 0 Å². The van der Waals surface area contributed by atoms with E-state index in [9.17, 15) is 14.7 Å². The molecule has 124 valence electrons. The molecule has 0 aliphatic carbocycles. The maximum absolute atomic E-state index is 12.7. The van der Waals surface area contributed by atoms with Crippen molar-refractivity contribution in [2.45, 2.75) is 37.3 Å². The van der Waals surface area contributed by atoms with Gasteiger partial charge in [-0.05, 0) is 54.8 Å². The van der Waals surface area contributed by atoms with E-state index in [1.54, 1.807) is 16.2 Å². The molecule has 4 rings (SSSR count). The van der Waals surface area contributed by atoms with Crippen molar-refractivity contribution in [3.8, 4) is 10.4 Å². The van der Waals surface area contributed by atoms with Gasteiger partial charge < -0.3 is 15.3 Å². The Morgan fingerprint density at radius 3 is 2.67 bits per heavy atom. The number of rotatable bonds is 3. The van der Waals surface area contributed by atoms with Crippen LogP contribution in [0.3, 0.4) is 0 Å². The number of thiophene rings is 1. The first-order chi connectivity index (χ1) is 11.6. The van der Waals surface area contributed by atoms with Gasteiger partial charge in [0.15, 0.2) is 0 Å². The first-order valence-electron chi connectivity index (χ1n) is 8.08. The lowest BCUT2D eigenvalue weighted by molar-refractivity contribution is -0.147. The van der Waals surface area contributed by atoms with Crippen LogP contribution >= 0.6 is 11.3 Å². The zero-order valence-corrected chi connectivity index (χ0v) is 13.9. The summed E-state index contributed by atoms with van der Waals surface area (Å²) >= 11 is 1.64. The topological polar surface area (TPSA) is 69.6 Å². The number of aliphatic carboxylic acids is 1. The van der Waals surface area contributed by atoms with Crippen molar-refractivity contribution in [3.05, 3.63) is 41.8 Å². The molecule has 2 saturated heterocycles. The van der Waals surface area contributed by atoms with Gasteiger partial charge in [-0.2, -0.15) is 0 Å². The minimum atomic E-state index is -1.01. The number of nitrogens with one attached hydrogen (secondary N) is 1. The largest absolute Gasteiger partial charge is 0.479 e. The number of benzene rings is 1. The lowest BCUT2D eigenvalue weighted by Gasteiger charge is -2.30. The van der Waals surface area contributed by atoms with Crippen LogP contribution in [0.4, 0.5) is 10.5 Å². The average molecular weight is 342 g/mol. The molecule has 0 atom stereocenters. The summed E-state index contributed by atoms with van der Waals surface area (Å²) in [4.78, 5) is 27.2. The third-order valence-electron chi connectivity index (χ3n) is 5.14. The van der Waals surface area contributed by atoms with Gasteiger partial charge in [-0.1, -0.05) is 18.2 Å². The first-order valence-corrected chi connectivity index (χ1v) is 8.96. The Hall–Kier alpha value is -2.34. The van der Waals surface area contributed by atoms with Crippen LogP contribution in [-0.2, 0) is 4.79 Å². The van der Waals surface area contributed by atoms with Crippen molar-refractivity contribution in [1.82, 2.24) is 4.90 Å². The van der Waals surface area contributed by atoms with Gasteiger partial charge in [0.25, 0.3) is 0 Å². The zero-order chi connectivity index (χ0) is 16.7. The molecule has 2 fully saturated rings. The maximum Gasteiger partial charge on any atom is 0.329 e. The molecule has 2 aromatic rings. The van der Waals surface area contributed by atoms with Crippen LogP contribution in [0.5, 0.6) is 0 Å². The van der Waals surface area contributed by atoms with E-state index >= 15 is 0 Å². The molecular weight excluding hydrogens is 324 g/mol. The normalized spacial score (nSPS) is 25.0. The molecule has 1 aromatic carbocycles. The molecule has 1 aromatic heterocycles. The number of fused-ring (bicyclic) bond motifs is 2. The van der Waals surface area contributed by atoms with Gasteiger partial charge in [0.05, 0.1) is 0 Å². The molecule has 2 aliphatic rings. The Kier molecular flexibility index (Phi) is 3.57. The van der Waals surface area contributed by atoms with Gasteiger partial charge in [-0.15, -0.1) is 11.3 Å². The SMILES string of the molecule is O=C(Nc1cccc(-c2cccs2)c1)N1C2CCC1(C(=O)O)CC2. The Balaban J connectivity index is 1.57. The van der Waals surface area contributed by atoms with Crippen LogP contribution in [0.1, 0.15) is 25.7 Å². The molecule has 2 bridgehead atoms. The summed E-state index contributed by atoms with van der Waals surface area (Å²) in [6.45, 7) is 0. The third-order valence-corrected chi connectivity index (χ3v) is 6.06. The number of carbonyl (C=O) groups excluding carboxylic acids is 1. The van der Waals surface area contributed by atoms with Crippen molar-refractivity contribution in [1.29, 1.82) is 0 Å². The average Bonchev–Trinajstić information content (AvgIpc) is 3.30. The number of carbonyl (C=O) groups is 2. The Morgan fingerprint density at radius 2 is 2.00 bits per heavy atom. The Bertz CT molecular complexity index is 779. The second-order valence-electron chi connectivity index (χ2n) is 6.43. The van der Waals surface area contributed by atoms with Crippen molar-refractivity contribution in [2.24, 2.45) is 0 Å². The number of hydrogen-bond donors (Lipinski definition) is 2. The van der Waals surface area contributed by atoms with E-state index in [1.807, 2.05) is 41.8 Å². The minimum absolute atomic E-state index is 0.0431. The van der Waals surface area contributed by atoms with E-state index in [1.165, 1.54) is 0 Å². The summed E-state index contributed by atoms with van der Waals surface area (Å²) in [5.74, 6) is -0.884. The molecule has 2 N–H and O–H groups in total. The number of urea groups is 1. The van der Waals surface area contributed by atoms with Gasteiger partial charge in [0.1, 0.15) is 5.54 Å². The molecule has 3 heterocycles. The Morgan fingerprint density at radius 1 is 1.21 bits per heavy atom. The van der Waals surface area contributed by atoms with Gasteiger partial charge >= 0.3 is 12.0 Å². The summed E-state index contributed by atoms with van der Waals surface area (Å²) in [6, 6.07) is 11.4. The maximum atomic E-state index is 12.7. The van der Waals surface area contributed by atoms with Crippen LogP contribution in [0.25, 0.3) is 10.4 Å². The van der Waals surface area contributed by atoms with E-state index in [0.29, 0.717) is 18.5 Å². The second-order valence-corrected chi connectivity index (χ2v) is 7.37. The highest BCUT2D eigenvalue weighted by Crippen LogP contribution is 2.46. The van der Waals surface area contributed by atoms with E-state index in [0.717, 1.165) is 23.3 Å². The van der Waals surface area contributed by atoms with E-state index < -0.39 is 11.5 Å². The van der Waals surface area contributed by atoms with E-state index in [2.05, 4.69) is 5.32 Å². The lowest BCUT2D eigenvalue weighted by atomic mass is 9.88. The van der Waals surface area contributed by atoms with Crippen LogP contribution < -0.4 is 5.32 Å². The molecule has 2 amide bonds. The molecule has 24 heavy (non-hydrogen) atoms. The van der Waals surface area contributed by atoms with Crippen LogP contribution in [-0.4, -0.2) is 33.6 Å². The van der Waals surface area contributed by atoms with Crippen molar-refractivity contribution in [2.75, 3.05) is 5.32 Å². The highest BCUT2D eigenvalue weighted by atomic mass is 32.1. The minimum Gasteiger partial charge on any atom is -0.479 e. The molecule has 0 saturated carbocycles. The molecule has 0 unspecified atom stereocenters. The van der Waals surface area contributed by atoms with Crippen LogP contribution in [0, 0.1) is 0 Å². The zero-order valence-electron chi connectivity index (χ0n) is 13.1. The van der Waals surface area contributed by atoms with Crippen molar-refractivity contribution < 1.29 is 14.7 Å². The third kappa shape index (κ3) is 2.29. The number of hydrogen-bond acceptors (Lipinski definition) is 3. The summed E-state index contributed by atoms with van der Waals surface area (Å²) in [7, 11) is 0. The highest BCUT2D eigenvalue weighted by molar-refractivity contribution is 7.13. The fourth-order valence-electron chi connectivity index (χ4n) is 3.98. The number of nitrogens with zero attached hydrogens (tertiary/aromatic N) is 1. The van der Waals surface area contributed by atoms with Gasteiger partial charge in [0, 0.05) is 16.6 Å².